The fraction of sp³-hybridized carbons (Fsp3) is 0.382. The third-order valence-corrected chi connectivity index (χ3v) is 16.6. The van der Waals surface area contributed by atoms with Crippen molar-refractivity contribution in [1.82, 2.24) is 9.88 Å². The van der Waals surface area contributed by atoms with Gasteiger partial charge in [0.1, 0.15) is 48.5 Å². The fourth-order valence-electron chi connectivity index (χ4n) is 11.1. The average molecular weight is 1190 g/mol. The van der Waals surface area contributed by atoms with E-state index in [4.69, 9.17) is 19.3 Å². The number of benzene rings is 5. The van der Waals surface area contributed by atoms with Gasteiger partial charge in [-0.2, -0.15) is 15.8 Å². The van der Waals surface area contributed by atoms with Crippen LogP contribution in [0.4, 0.5) is 27.1 Å². The minimum absolute atomic E-state index is 0.0603. The summed E-state index contributed by atoms with van der Waals surface area (Å²) < 4.78 is 31.7. The standard InChI is InChI=1S/C25H26FN3O5.C22H23N3O2.C21H21N3O3/c26-21-13-29(24(32)14-30)7-6-23(21)34-22-5-4-16(8-18(22)12-27)15-2-1-3-19(9-15)28-25(33)17-10-20(31)11-17;23-13-18-11-17(8-9-21(18)25-10-2-5-20(25)14-26)16-3-1-4-19(12-16)24-22(27)15-6-7-15;22-13-16-11-15(3-4-20(16)27-18-6-9-26-10-7-18)19-12-17(5-8-23-19)24-21(25)14-1-2-14/h1-5,8-9,17,20-21,23,30-31H,6-7,10-11,13-14H2,(H,28,33);1,3-4,8-9,11-12,15,20,26H,2,5-7,10,14H2,(H,24,27);3-5,8,11-12,14,18H,1-2,6-7,9-10H2,(H,23,24,25)/t17?,20?,21-,23+;20-;/m10./s1. The fourth-order valence-corrected chi connectivity index (χ4v) is 11.1. The summed E-state index contributed by atoms with van der Waals surface area (Å²) in [6, 6.07) is 41.6. The van der Waals surface area contributed by atoms with Crippen molar-refractivity contribution >= 4 is 46.4 Å². The molecule has 6 N–H and O–H groups in total. The zero-order valence-electron chi connectivity index (χ0n) is 48.7. The van der Waals surface area contributed by atoms with Gasteiger partial charge in [-0.25, -0.2) is 4.39 Å². The first-order valence-corrected chi connectivity index (χ1v) is 30.0. The van der Waals surface area contributed by atoms with Crippen molar-refractivity contribution < 1.29 is 53.1 Å². The highest BCUT2D eigenvalue weighted by Crippen LogP contribution is 2.37. The summed E-state index contributed by atoms with van der Waals surface area (Å²) in [7, 11) is 0. The SMILES string of the molecule is N#Cc1cc(-c2cc(NC(=O)C3CC3)ccn2)ccc1OC1CCOCC1.N#Cc1cc(-c2cccc(NC(=O)C3CC(O)C3)c2)ccc1O[C@H]1CCN(C(=O)CO)C[C@H]1F.N#Cc1cc(-c2cccc(NC(=O)C3CC3)c2)ccc1N1CCC[C@H]1CO. The van der Waals surface area contributed by atoms with Gasteiger partial charge in [0, 0.05) is 78.9 Å². The third kappa shape index (κ3) is 15.8. The van der Waals surface area contributed by atoms with Gasteiger partial charge in [0.05, 0.1) is 66.6 Å². The molecule has 0 unspecified atom stereocenters. The third-order valence-electron chi connectivity index (χ3n) is 16.6. The number of aromatic nitrogens is 1. The van der Waals surface area contributed by atoms with Crippen LogP contribution in [0.3, 0.4) is 0 Å². The monoisotopic (exact) mass is 1190 g/mol. The van der Waals surface area contributed by atoms with Crippen LogP contribution in [0.25, 0.3) is 33.5 Å². The molecule has 1 aromatic heterocycles. The summed E-state index contributed by atoms with van der Waals surface area (Å²) in [5.74, 6) is 0.470. The van der Waals surface area contributed by atoms with Crippen LogP contribution in [-0.2, 0) is 23.9 Å². The Labute approximate surface area is 510 Å². The molecule has 6 fully saturated rings. The van der Waals surface area contributed by atoms with Crippen LogP contribution in [0.5, 0.6) is 11.5 Å². The molecule has 88 heavy (non-hydrogen) atoms. The first kappa shape index (κ1) is 61.8. The molecule has 4 heterocycles. The molecule has 0 radical (unpaired) electrons. The molecule has 19 nitrogen and oxygen atoms in total. The number of likely N-dealkylation sites (tertiary alicyclic amines) is 1. The Bertz CT molecular complexity index is 3640. The van der Waals surface area contributed by atoms with Gasteiger partial charge in [-0.3, -0.25) is 24.2 Å². The molecule has 3 aliphatic carbocycles. The van der Waals surface area contributed by atoms with Crippen molar-refractivity contribution in [2.75, 3.05) is 66.9 Å². The molecule has 12 rings (SSSR count). The number of aliphatic hydroxyl groups excluding tert-OH is 3. The Morgan fingerprint density at radius 3 is 1.73 bits per heavy atom. The average Bonchev–Trinajstić information content (AvgIpc) is 4.52. The lowest BCUT2D eigenvalue weighted by atomic mass is 9.82. The summed E-state index contributed by atoms with van der Waals surface area (Å²) in [4.78, 5) is 55.6. The Hall–Kier alpha value is -9.23. The van der Waals surface area contributed by atoms with Crippen molar-refractivity contribution in [3.8, 4) is 63.2 Å². The second kappa shape index (κ2) is 29.0. The van der Waals surface area contributed by atoms with E-state index in [9.17, 15) is 49.6 Å². The molecular formula is C68H70FN9O10. The van der Waals surface area contributed by atoms with Gasteiger partial charge in [-0.15, -0.1) is 0 Å². The van der Waals surface area contributed by atoms with Crippen LogP contribution in [0.2, 0.25) is 0 Å². The van der Waals surface area contributed by atoms with E-state index in [1.807, 2.05) is 66.7 Å². The number of carbonyl (C=O) groups is 4. The van der Waals surface area contributed by atoms with Crippen LogP contribution >= 0.6 is 0 Å². The van der Waals surface area contributed by atoms with E-state index in [0.29, 0.717) is 54.3 Å². The molecule has 3 aliphatic heterocycles. The van der Waals surface area contributed by atoms with Crippen molar-refractivity contribution in [2.24, 2.45) is 17.8 Å². The number of ether oxygens (including phenoxy) is 3. The largest absolute Gasteiger partial charge is 0.489 e. The first-order valence-electron chi connectivity index (χ1n) is 30.0. The maximum absolute atomic E-state index is 14.6. The second-order valence-corrected chi connectivity index (χ2v) is 23.0. The minimum Gasteiger partial charge on any atom is -0.489 e. The molecule has 6 aliphatic rings. The van der Waals surface area contributed by atoms with Gasteiger partial charge in [-0.05, 0) is 152 Å². The topological polar surface area (TPSA) is 283 Å². The number of nitriles is 3. The number of rotatable bonds is 16. The summed E-state index contributed by atoms with van der Waals surface area (Å²) >= 11 is 0. The normalized spacial score (nSPS) is 20.4. The first-order chi connectivity index (χ1) is 42.8. The van der Waals surface area contributed by atoms with Crippen LogP contribution in [-0.4, -0.2) is 125 Å². The van der Waals surface area contributed by atoms with Gasteiger partial charge in [0.2, 0.25) is 23.6 Å². The van der Waals surface area contributed by atoms with Crippen LogP contribution in [0, 0.1) is 51.7 Å². The maximum atomic E-state index is 14.6. The van der Waals surface area contributed by atoms with Crippen LogP contribution < -0.4 is 30.3 Å². The highest BCUT2D eigenvalue weighted by molar-refractivity contribution is 5.96. The zero-order chi connectivity index (χ0) is 61.7. The highest BCUT2D eigenvalue weighted by Gasteiger charge is 2.35. The molecular weight excluding hydrogens is 1120 g/mol. The summed E-state index contributed by atoms with van der Waals surface area (Å²) in [5.41, 5.74) is 9.29. The van der Waals surface area contributed by atoms with E-state index in [-0.39, 0.29) is 85.1 Å². The molecule has 3 saturated carbocycles. The number of alkyl halides is 1. The van der Waals surface area contributed by atoms with Crippen molar-refractivity contribution in [3.05, 3.63) is 138 Å². The number of hydrogen-bond acceptors (Lipinski definition) is 15. The number of piperidine rings is 1. The van der Waals surface area contributed by atoms with Gasteiger partial charge < -0.3 is 55.3 Å². The molecule has 20 heteroatoms. The van der Waals surface area contributed by atoms with Gasteiger partial charge in [0.15, 0.2) is 6.17 Å². The summed E-state index contributed by atoms with van der Waals surface area (Å²) in [6.07, 6.45) is 7.80. The number of carbonyl (C=O) groups excluding carboxylic acids is 4. The van der Waals surface area contributed by atoms with Crippen LogP contribution in [0.1, 0.15) is 87.3 Å². The number of pyridine rings is 1. The molecule has 3 saturated heterocycles. The number of anilines is 4. The number of halogens is 1. The van der Waals surface area contributed by atoms with E-state index >= 15 is 0 Å². The van der Waals surface area contributed by atoms with Crippen LogP contribution in [0.15, 0.2) is 121 Å². The summed E-state index contributed by atoms with van der Waals surface area (Å²) in [6.45, 7) is 1.79. The minimum atomic E-state index is -1.44. The smallest absolute Gasteiger partial charge is 0.248 e. The lowest BCUT2D eigenvalue weighted by molar-refractivity contribution is -0.138. The van der Waals surface area contributed by atoms with E-state index in [1.54, 1.807) is 54.7 Å². The molecule has 454 valence electrons. The molecule has 4 amide bonds. The van der Waals surface area contributed by atoms with E-state index < -0.39 is 30.9 Å². The van der Waals surface area contributed by atoms with E-state index in [1.165, 1.54) is 4.90 Å². The predicted octanol–water partition coefficient (Wildman–Crippen LogP) is 9.31. The van der Waals surface area contributed by atoms with Crippen molar-refractivity contribution in [1.29, 1.82) is 15.8 Å². The Kier molecular flexibility index (Phi) is 20.4. The number of nitrogens with one attached hydrogen (secondary N) is 3. The highest BCUT2D eigenvalue weighted by atomic mass is 19.1. The van der Waals surface area contributed by atoms with Gasteiger partial charge in [-0.1, -0.05) is 36.4 Å². The maximum Gasteiger partial charge on any atom is 0.248 e. The lowest BCUT2D eigenvalue weighted by Crippen LogP contribution is -2.50. The Balaban J connectivity index is 0.000000147. The molecule has 6 aromatic rings. The second-order valence-electron chi connectivity index (χ2n) is 23.0. The lowest BCUT2D eigenvalue weighted by Gasteiger charge is -2.34. The Morgan fingerprint density at radius 1 is 0.614 bits per heavy atom. The zero-order valence-corrected chi connectivity index (χ0v) is 48.7. The molecule has 3 atom stereocenters. The van der Waals surface area contributed by atoms with Gasteiger partial charge >= 0.3 is 0 Å². The number of amides is 4. The summed E-state index contributed by atoms with van der Waals surface area (Å²) in [5, 5.41) is 65.5. The molecule has 5 aromatic carbocycles. The number of nitrogens with zero attached hydrogens (tertiary/aromatic N) is 6. The predicted molar refractivity (Wildman–Crippen MR) is 327 cm³/mol. The molecule has 0 spiro atoms. The van der Waals surface area contributed by atoms with E-state index in [2.05, 4.69) is 44.0 Å². The van der Waals surface area contributed by atoms with Crippen molar-refractivity contribution in [2.45, 2.75) is 101 Å². The number of aliphatic hydroxyl groups is 3. The molecule has 0 bridgehead atoms. The van der Waals surface area contributed by atoms with Crippen molar-refractivity contribution in [3.63, 3.8) is 0 Å². The number of hydrogen-bond donors (Lipinski definition) is 6. The quantitative estimate of drug-likeness (QED) is 0.0526. The Morgan fingerprint density at radius 2 is 1.16 bits per heavy atom. The van der Waals surface area contributed by atoms with Gasteiger partial charge in [0.25, 0.3) is 0 Å². The van der Waals surface area contributed by atoms with E-state index in [0.717, 1.165) is 103 Å².